The number of hydrogen-bond acceptors (Lipinski definition) is 3. The minimum absolute atomic E-state index is 0.205. The van der Waals surface area contributed by atoms with Gasteiger partial charge in [0.25, 0.3) is 0 Å². The van der Waals surface area contributed by atoms with E-state index in [9.17, 15) is 18.4 Å². The van der Waals surface area contributed by atoms with E-state index in [-0.39, 0.29) is 29.6 Å². The smallest absolute Gasteiger partial charge is 0.172 e. The molecule has 0 aliphatic heterocycles. The van der Waals surface area contributed by atoms with Gasteiger partial charge in [-0.1, -0.05) is 13.8 Å². The van der Waals surface area contributed by atoms with E-state index in [1.807, 2.05) is 0 Å². The lowest BCUT2D eigenvalue weighted by Crippen LogP contribution is -2.18. The molecule has 3 nitrogen and oxygen atoms in total. The normalized spacial score (nSPS) is 10.6. The predicted molar refractivity (Wildman–Crippen MR) is 61.7 cm³/mol. The molecule has 0 fully saturated rings. The second-order valence-electron chi connectivity index (χ2n) is 4.23. The zero-order valence-electron chi connectivity index (χ0n) is 10.4. The van der Waals surface area contributed by atoms with Gasteiger partial charge < -0.3 is 4.74 Å². The highest BCUT2D eigenvalue weighted by Crippen LogP contribution is 2.25. The van der Waals surface area contributed by atoms with E-state index in [1.54, 1.807) is 13.8 Å². The number of rotatable bonds is 5. The predicted octanol–water partition coefficient (Wildman–Crippen LogP) is 2.77. The van der Waals surface area contributed by atoms with Crippen LogP contribution in [0, 0.1) is 17.6 Å². The summed E-state index contributed by atoms with van der Waals surface area (Å²) in [5.74, 6) is -3.24. The van der Waals surface area contributed by atoms with Crippen LogP contribution in [0.15, 0.2) is 12.1 Å². The van der Waals surface area contributed by atoms with Crippen molar-refractivity contribution in [3.63, 3.8) is 0 Å². The molecular formula is C13H14F2O3. The maximum Gasteiger partial charge on any atom is 0.172 e. The van der Waals surface area contributed by atoms with Gasteiger partial charge in [-0.3, -0.25) is 9.59 Å². The summed E-state index contributed by atoms with van der Waals surface area (Å²) >= 11 is 0. The van der Waals surface area contributed by atoms with Gasteiger partial charge in [0, 0.05) is 12.0 Å². The van der Waals surface area contributed by atoms with Gasteiger partial charge in [-0.15, -0.1) is 0 Å². The highest BCUT2D eigenvalue weighted by atomic mass is 19.1. The van der Waals surface area contributed by atoms with Gasteiger partial charge >= 0.3 is 0 Å². The summed E-state index contributed by atoms with van der Waals surface area (Å²) in [5, 5.41) is 0. The standard InChI is InChI=1S/C13H14F2O3/c1-7(2)12(17)6-18-13-10(8(3)16)4-9(14)5-11(13)15/h4-5,7H,6H2,1-3H3. The monoisotopic (exact) mass is 256 g/mol. The molecule has 0 radical (unpaired) electrons. The zero-order chi connectivity index (χ0) is 13.9. The number of hydrogen-bond donors (Lipinski definition) is 0. The topological polar surface area (TPSA) is 43.4 Å². The summed E-state index contributed by atoms with van der Waals surface area (Å²) in [7, 11) is 0. The van der Waals surface area contributed by atoms with Crippen LogP contribution in [0.2, 0.25) is 0 Å². The summed E-state index contributed by atoms with van der Waals surface area (Å²) in [6, 6.07) is 1.50. The number of carbonyl (C=O) groups is 2. The molecule has 0 aromatic heterocycles. The lowest BCUT2D eigenvalue weighted by Gasteiger charge is -2.11. The van der Waals surface area contributed by atoms with Gasteiger partial charge in [0.2, 0.25) is 0 Å². The van der Waals surface area contributed by atoms with Crippen molar-refractivity contribution in [3.05, 3.63) is 29.3 Å². The quantitative estimate of drug-likeness (QED) is 0.761. The van der Waals surface area contributed by atoms with Crippen molar-refractivity contribution in [2.45, 2.75) is 20.8 Å². The molecule has 0 saturated heterocycles. The molecule has 0 bridgehead atoms. The van der Waals surface area contributed by atoms with E-state index in [4.69, 9.17) is 4.74 Å². The van der Waals surface area contributed by atoms with Crippen LogP contribution in [0.5, 0.6) is 5.75 Å². The summed E-state index contributed by atoms with van der Waals surface area (Å²) in [6.45, 7) is 4.18. The molecule has 0 amide bonds. The molecule has 0 aliphatic rings. The minimum atomic E-state index is -0.989. The molecule has 0 unspecified atom stereocenters. The van der Waals surface area contributed by atoms with Crippen LogP contribution in [0.25, 0.3) is 0 Å². The van der Waals surface area contributed by atoms with E-state index >= 15 is 0 Å². The van der Waals surface area contributed by atoms with Crippen molar-refractivity contribution < 1.29 is 23.1 Å². The minimum Gasteiger partial charge on any atom is -0.482 e. The number of ketones is 2. The van der Waals surface area contributed by atoms with E-state index in [0.29, 0.717) is 6.07 Å². The average molecular weight is 256 g/mol. The molecule has 98 valence electrons. The fourth-order valence-electron chi connectivity index (χ4n) is 1.28. The van der Waals surface area contributed by atoms with Crippen molar-refractivity contribution in [2.24, 2.45) is 5.92 Å². The first-order valence-corrected chi connectivity index (χ1v) is 5.48. The summed E-state index contributed by atoms with van der Waals surface area (Å²) in [4.78, 5) is 22.6. The Bertz CT molecular complexity index is 481. The Morgan fingerprint density at radius 1 is 1.28 bits per heavy atom. The first-order chi connectivity index (χ1) is 8.32. The maximum absolute atomic E-state index is 13.5. The zero-order valence-corrected chi connectivity index (χ0v) is 10.4. The SMILES string of the molecule is CC(=O)c1cc(F)cc(F)c1OCC(=O)C(C)C. The molecule has 0 saturated carbocycles. The molecular weight excluding hydrogens is 242 g/mol. The molecule has 5 heteroatoms. The molecule has 18 heavy (non-hydrogen) atoms. The maximum atomic E-state index is 13.5. The Labute approximate surface area is 104 Å². The van der Waals surface area contributed by atoms with Crippen LogP contribution in [0.4, 0.5) is 8.78 Å². The lowest BCUT2D eigenvalue weighted by molar-refractivity contribution is -0.123. The molecule has 1 aromatic rings. The van der Waals surface area contributed by atoms with Gasteiger partial charge in [0.15, 0.2) is 23.1 Å². The van der Waals surface area contributed by atoms with E-state index in [2.05, 4.69) is 0 Å². The van der Waals surface area contributed by atoms with E-state index < -0.39 is 17.4 Å². The van der Waals surface area contributed by atoms with Gasteiger partial charge in [-0.05, 0) is 13.0 Å². The Morgan fingerprint density at radius 3 is 2.39 bits per heavy atom. The number of halogens is 2. The van der Waals surface area contributed by atoms with Crippen molar-refractivity contribution in [3.8, 4) is 5.75 Å². The summed E-state index contributed by atoms with van der Waals surface area (Å²) < 4.78 is 31.5. The highest BCUT2D eigenvalue weighted by Gasteiger charge is 2.18. The Morgan fingerprint density at radius 2 is 1.89 bits per heavy atom. The van der Waals surface area contributed by atoms with E-state index in [1.165, 1.54) is 6.92 Å². The lowest BCUT2D eigenvalue weighted by atomic mass is 10.1. The average Bonchev–Trinajstić information content (AvgIpc) is 2.26. The Balaban J connectivity index is 3.01. The number of ether oxygens (including phenoxy) is 1. The van der Waals surface area contributed by atoms with Crippen molar-refractivity contribution in [2.75, 3.05) is 6.61 Å². The van der Waals surface area contributed by atoms with Gasteiger partial charge in [-0.25, -0.2) is 8.78 Å². The van der Waals surface area contributed by atoms with Crippen LogP contribution in [0.1, 0.15) is 31.1 Å². The summed E-state index contributed by atoms with van der Waals surface area (Å²) in [5.41, 5.74) is -0.205. The number of Topliss-reactive ketones (excluding diaryl/α,β-unsaturated/α-hetero) is 2. The van der Waals surface area contributed by atoms with Crippen molar-refractivity contribution >= 4 is 11.6 Å². The van der Waals surface area contributed by atoms with Crippen LogP contribution < -0.4 is 4.74 Å². The van der Waals surface area contributed by atoms with Crippen LogP contribution in [-0.4, -0.2) is 18.2 Å². The Hall–Kier alpha value is -1.78. The first-order valence-electron chi connectivity index (χ1n) is 5.48. The van der Waals surface area contributed by atoms with E-state index in [0.717, 1.165) is 6.07 Å². The molecule has 0 N–H and O–H groups in total. The molecule has 0 aliphatic carbocycles. The van der Waals surface area contributed by atoms with Gasteiger partial charge in [0.05, 0.1) is 5.56 Å². The third-order valence-corrected chi connectivity index (χ3v) is 2.39. The molecule has 0 heterocycles. The second-order valence-corrected chi connectivity index (χ2v) is 4.23. The largest absolute Gasteiger partial charge is 0.482 e. The van der Waals surface area contributed by atoms with Crippen molar-refractivity contribution in [1.29, 1.82) is 0 Å². The molecule has 0 atom stereocenters. The molecule has 0 spiro atoms. The van der Waals surface area contributed by atoms with Crippen LogP contribution in [-0.2, 0) is 4.79 Å². The Kier molecular flexibility index (Phi) is 4.53. The second kappa shape index (κ2) is 5.71. The highest BCUT2D eigenvalue weighted by molar-refractivity contribution is 5.97. The van der Waals surface area contributed by atoms with Crippen LogP contribution >= 0.6 is 0 Å². The van der Waals surface area contributed by atoms with Gasteiger partial charge in [0.1, 0.15) is 12.4 Å². The first kappa shape index (κ1) is 14.3. The van der Waals surface area contributed by atoms with Crippen molar-refractivity contribution in [1.82, 2.24) is 0 Å². The van der Waals surface area contributed by atoms with Crippen LogP contribution in [0.3, 0.4) is 0 Å². The number of carbonyl (C=O) groups excluding carboxylic acids is 2. The number of benzene rings is 1. The fourth-order valence-corrected chi connectivity index (χ4v) is 1.28. The molecule has 1 aromatic carbocycles. The third-order valence-electron chi connectivity index (χ3n) is 2.39. The third kappa shape index (κ3) is 3.35. The van der Waals surface area contributed by atoms with Gasteiger partial charge in [-0.2, -0.15) is 0 Å². The summed E-state index contributed by atoms with van der Waals surface area (Å²) in [6.07, 6.45) is 0. The molecule has 1 rings (SSSR count). The fraction of sp³-hybridized carbons (Fsp3) is 0.385.